The molecule has 0 heterocycles. The number of benzene rings is 1. The van der Waals surface area contributed by atoms with E-state index in [2.05, 4.69) is 11.8 Å². The van der Waals surface area contributed by atoms with Crippen LogP contribution in [0, 0.1) is 5.41 Å². The Balaban J connectivity index is 2.13. The van der Waals surface area contributed by atoms with E-state index in [0.29, 0.717) is 6.54 Å². The van der Waals surface area contributed by atoms with Crippen molar-refractivity contribution in [1.82, 2.24) is 4.90 Å². The summed E-state index contributed by atoms with van der Waals surface area (Å²) in [5.41, 5.74) is 0.472. The molecule has 0 bridgehead atoms. The van der Waals surface area contributed by atoms with Crippen LogP contribution in [0.15, 0.2) is 24.3 Å². The van der Waals surface area contributed by atoms with Crippen LogP contribution >= 0.6 is 11.6 Å². The number of nitrogens with zero attached hydrogens (tertiary/aromatic N) is 1. The predicted octanol–water partition coefficient (Wildman–Crippen LogP) is 3.98. The highest BCUT2D eigenvalue weighted by Crippen LogP contribution is 2.40. The molecule has 1 unspecified atom stereocenters. The molecule has 1 aromatic carbocycles. The Hall–Kier alpha value is -1.06. The second kappa shape index (κ2) is 6.15. The highest BCUT2D eigenvalue weighted by Gasteiger charge is 2.42. The van der Waals surface area contributed by atoms with Gasteiger partial charge in [0.2, 0.25) is 0 Å². The first-order valence-electron chi connectivity index (χ1n) is 7.14. The lowest BCUT2D eigenvalue weighted by Crippen LogP contribution is -2.40. The summed E-state index contributed by atoms with van der Waals surface area (Å²) < 4.78 is 0. The lowest BCUT2D eigenvalue weighted by atomic mass is 9.85. The van der Waals surface area contributed by atoms with Gasteiger partial charge in [0, 0.05) is 17.6 Å². The van der Waals surface area contributed by atoms with E-state index in [4.69, 9.17) is 11.6 Å². The van der Waals surface area contributed by atoms with E-state index in [-0.39, 0.29) is 6.04 Å². The fraction of sp³-hybridized carbons (Fsp3) is 0.562. The summed E-state index contributed by atoms with van der Waals surface area (Å²) in [6.45, 7) is 2.65. The first-order valence-corrected chi connectivity index (χ1v) is 7.52. The quantitative estimate of drug-likeness (QED) is 0.893. The number of aliphatic carboxylic acids is 1. The Bertz CT molecular complexity index is 483. The molecule has 1 aliphatic rings. The molecule has 0 amide bonds. The molecule has 110 valence electrons. The molecule has 2 rings (SSSR count). The molecular formula is C16H22ClNO2. The number of hydrogen-bond acceptors (Lipinski definition) is 2. The van der Waals surface area contributed by atoms with E-state index in [1.807, 2.05) is 31.3 Å². The van der Waals surface area contributed by atoms with E-state index < -0.39 is 11.4 Å². The standard InChI is InChI=1S/C16H22ClNO2/c1-12(13-7-3-4-8-14(13)17)18(2)11-16(15(19)20)9-5-6-10-16/h3-4,7-8,12H,5-6,9-11H2,1-2H3,(H,19,20). The summed E-state index contributed by atoms with van der Waals surface area (Å²) in [6, 6.07) is 7.87. The summed E-state index contributed by atoms with van der Waals surface area (Å²) in [7, 11) is 1.98. The third-order valence-corrected chi connectivity index (χ3v) is 4.93. The lowest BCUT2D eigenvalue weighted by molar-refractivity contribution is -0.150. The van der Waals surface area contributed by atoms with Crippen molar-refractivity contribution in [2.24, 2.45) is 5.41 Å². The first kappa shape index (κ1) is 15.3. The fourth-order valence-corrected chi connectivity index (χ4v) is 3.45. The second-order valence-corrected chi connectivity index (χ2v) is 6.31. The fourth-order valence-electron chi connectivity index (χ4n) is 3.16. The minimum Gasteiger partial charge on any atom is -0.481 e. The molecule has 1 aliphatic carbocycles. The molecular weight excluding hydrogens is 274 g/mol. The van der Waals surface area contributed by atoms with Gasteiger partial charge in [-0.3, -0.25) is 9.69 Å². The third-order valence-electron chi connectivity index (χ3n) is 4.58. The van der Waals surface area contributed by atoms with Crippen molar-refractivity contribution in [3.8, 4) is 0 Å². The summed E-state index contributed by atoms with van der Waals surface area (Å²) in [6.07, 6.45) is 3.59. The molecule has 0 spiro atoms. The third kappa shape index (κ3) is 2.99. The van der Waals surface area contributed by atoms with Crippen LogP contribution in [0.25, 0.3) is 0 Å². The van der Waals surface area contributed by atoms with Crippen molar-refractivity contribution >= 4 is 17.6 Å². The van der Waals surface area contributed by atoms with E-state index in [1.54, 1.807) is 0 Å². The van der Waals surface area contributed by atoms with Gasteiger partial charge in [-0.05, 0) is 38.4 Å². The Kier molecular flexibility index (Phi) is 4.71. The molecule has 3 nitrogen and oxygen atoms in total. The van der Waals surface area contributed by atoms with Crippen molar-refractivity contribution in [3.05, 3.63) is 34.9 Å². The van der Waals surface area contributed by atoms with Gasteiger partial charge in [0.25, 0.3) is 0 Å². The summed E-state index contributed by atoms with van der Waals surface area (Å²) in [5, 5.41) is 10.3. The maximum Gasteiger partial charge on any atom is 0.310 e. The molecule has 1 atom stereocenters. The normalized spacial score (nSPS) is 19.2. The zero-order chi connectivity index (χ0) is 14.8. The Morgan fingerprint density at radius 2 is 2.00 bits per heavy atom. The molecule has 1 fully saturated rings. The predicted molar refractivity (Wildman–Crippen MR) is 81.0 cm³/mol. The van der Waals surface area contributed by atoms with Crippen molar-refractivity contribution in [1.29, 1.82) is 0 Å². The lowest BCUT2D eigenvalue weighted by Gasteiger charge is -2.33. The summed E-state index contributed by atoms with van der Waals surface area (Å²) >= 11 is 6.23. The maximum absolute atomic E-state index is 11.6. The molecule has 1 saturated carbocycles. The van der Waals surface area contributed by atoms with Crippen LogP contribution in [0.3, 0.4) is 0 Å². The Labute approximate surface area is 125 Å². The largest absolute Gasteiger partial charge is 0.481 e. The maximum atomic E-state index is 11.6. The zero-order valence-electron chi connectivity index (χ0n) is 12.1. The monoisotopic (exact) mass is 295 g/mol. The van der Waals surface area contributed by atoms with Crippen molar-refractivity contribution in [3.63, 3.8) is 0 Å². The Morgan fingerprint density at radius 1 is 1.40 bits per heavy atom. The van der Waals surface area contributed by atoms with E-state index in [0.717, 1.165) is 36.3 Å². The van der Waals surface area contributed by atoms with Gasteiger partial charge in [-0.15, -0.1) is 0 Å². The molecule has 0 saturated heterocycles. The van der Waals surface area contributed by atoms with Crippen LogP contribution < -0.4 is 0 Å². The minimum atomic E-state index is -0.659. The van der Waals surface area contributed by atoms with Gasteiger partial charge < -0.3 is 5.11 Å². The summed E-state index contributed by atoms with van der Waals surface area (Å²) in [4.78, 5) is 13.7. The highest BCUT2D eigenvalue weighted by atomic mass is 35.5. The first-order chi connectivity index (χ1) is 9.46. The molecule has 1 N–H and O–H groups in total. The molecule has 1 aromatic rings. The van der Waals surface area contributed by atoms with Crippen molar-refractivity contribution < 1.29 is 9.90 Å². The van der Waals surface area contributed by atoms with E-state index in [9.17, 15) is 9.90 Å². The van der Waals surface area contributed by atoms with E-state index in [1.165, 1.54) is 0 Å². The van der Waals surface area contributed by atoms with Crippen molar-refractivity contribution in [2.75, 3.05) is 13.6 Å². The molecule has 0 aromatic heterocycles. The number of carboxylic acid groups (broad SMARTS) is 1. The van der Waals surface area contributed by atoms with E-state index >= 15 is 0 Å². The SMILES string of the molecule is CC(c1ccccc1Cl)N(C)CC1(C(=O)O)CCCC1. The number of carboxylic acids is 1. The van der Waals surface area contributed by atoms with Crippen LogP contribution in [-0.4, -0.2) is 29.6 Å². The van der Waals surface area contributed by atoms with Gasteiger partial charge in [-0.25, -0.2) is 0 Å². The average molecular weight is 296 g/mol. The number of hydrogen-bond donors (Lipinski definition) is 1. The number of halogens is 1. The van der Waals surface area contributed by atoms with Gasteiger partial charge in [-0.1, -0.05) is 42.6 Å². The number of rotatable bonds is 5. The topological polar surface area (TPSA) is 40.5 Å². The second-order valence-electron chi connectivity index (χ2n) is 5.91. The van der Waals surface area contributed by atoms with Crippen molar-refractivity contribution in [2.45, 2.75) is 38.6 Å². The average Bonchev–Trinajstić information content (AvgIpc) is 2.88. The van der Waals surface area contributed by atoms with Crippen LogP contribution in [0.4, 0.5) is 0 Å². The van der Waals surface area contributed by atoms with Gasteiger partial charge in [-0.2, -0.15) is 0 Å². The van der Waals surface area contributed by atoms with Gasteiger partial charge in [0.05, 0.1) is 5.41 Å². The highest BCUT2D eigenvalue weighted by molar-refractivity contribution is 6.31. The number of carbonyl (C=O) groups is 1. The van der Waals surface area contributed by atoms with Crippen LogP contribution in [0.1, 0.15) is 44.2 Å². The smallest absolute Gasteiger partial charge is 0.310 e. The van der Waals surface area contributed by atoms with Crippen LogP contribution in [-0.2, 0) is 4.79 Å². The van der Waals surface area contributed by atoms with Gasteiger partial charge >= 0.3 is 5.97 Å². The zero-order valence-corrected chi connectivity index (χ0v) is 12.9. The van der Waals surface area contributed by atoms with Gasteiger partial charge in [0.15, 0.2) is 0 Å². The Morgan fingerprint density at radius 3 is 2.55 bits per heavy atom. The minimum absolute atomic E-state index is 0.112. The van der Waals surface area contributed by atoms with Crippen LogP contribution in [0.5, 0.6) is 0 Å². The molecule has 0 radical (unpaired) electrons. The molecule has 0 aliphatic heterocycles. The van der Waals surface area contributed by atoms with Gasteiger partial charge in [0.1, 0.15) is 0 Å². The summed E-state index contributed by atoms with van der Waals surface area (Å²) in [5.74, 6) is -0.659. The molecule has 20 heavy (non-hydrogen) atoms. The molecule has 4 heteroatoms. The van der Waals surface area contributed by atoms with Crippen LogP contribution in [0.2, 0.25) is 5.02 Å².